The Bertz CT molecular complexity index is 560. The molecule has 0 saturated heterocycles. The second-order valence-electron chi connectivity index (χ2n) is 3.75. The fourth-order valence-corrected chi connectivity index (χ4v) is 2.00. The third kappa shape index (κ3) is 2.82. The van der Waals surface area contributed by atoms with E-state index in [9.17, 15) is 9.18 Å². The van der Waals surface area contributed by atoms with Crippen molar-refractivity contribution >= 4 is 21.7 Å². The molecule has 0 atom stereocenters. The molecule has 0 unspecified atom stereocenters. The summed E-state index contributed by atoms with van der Waals surface area (Å²) < 4.78 is 18.7. The van der Waals surface area contributed by atoms with Gasteiger partial charge in [0.15, 0.2) is 5.76 Å². The van der Waals surface area contributed by atoms with Crippen LogP contribution in [0.2, 0.25) is 0 Å². The summed E-state index contributed by atoms with van der Waals surface area (Å²) in [7, 11) is 0. The van der Waals surface area contributed by atoms with Crippen LogP contribution in [-0.2, 0) is 6.42 Å². The number of hydrogen-bond donors (Lipinski definition) is 0. The standard InChI is InChI=1S/C13H10BrFO2/c1-8-2-5-13(17-8)12(16)6-9-3-4-10(15)7-11(9)14/h2-5,7H,6H2,1H3. The molecule has 0 radical (unpaired) electrons. The highest BCUT2D eigenvalue weighted by Gasteiger charge is 2.13. The first-order valence-electron chi connectivity index (χ1n) is 5.10. The van der Waals surface area contributed by atoms with Gasteiger partial charge >= 0.3 is 0 Å². The summed E-state index contributed by atoms with van der Waals surface area (Å²) in [4.78, 5) is 11.9. The topological polar surface area (TPSA) is 30.2 Å². The van der Waals surface area contributed by atoms with Crippen LogP contribution in [0.15, 0.2) is 39.2 Å². The molecule has 0 fully saturated rings. The Labute approximate surface area is 107 Å². The molecule has 0 N–H and O–H groups in total. The summed E-state index contributed by atoms with van der Waals surface area (Å²) >= 11 is 3.23. The number of aryl methyl sites for hydroxylation is 1. The summed E-state index contributed by atoms with van der Waals surface area (Å²) in [5.41, 5.74) is 0.741. The SMILES string of the molecule is Cc1ccc(C(=O)Cc2ccc(F)cc2Br)o1. The number of Topliss-reactive ketones (excluding diaryl/α,β-unsaturated/α-hetero) is 1. The van der Waals surface area contributed by atoms with Gasteiger partial charge in [0.1, 0.15) is 11.6 Å². The number of rotatable bonds is 3. The van der Waals surface area contributed by atoms with Crippen LogP contribution in [0, 0.1) is 12.7 Å². The van der Waals surface area contributed by atoms with Crippen molar-refractivity contribution in [2.75, 3.05) is 0 Å². The van der Waals surface area contributed by atoms with Crippen molar-refractivity contribution in [2.24, 2.45) is 0 Å². The van der Waals surface area contributed by atoms with Crippen molar-refractivity contribution < 1.29 is 13.6 Å². The first-order valence-corrected chi connectivity index (χ1v) is 5.89. The predicted molar refractivity (Wildman–Crippen MR) is 65.6 cm³/mol. The van der Waals surface area contributed by atoms with Gasteiger partial charge in [-0.05, 0) is 36.8 Å². The van der Waals surface area contributed by atoms with Crippen molar-refractivity contribution in [3.8, 4) is 0 Å². The zero-order valence-electron chi connectivity index (χ0n) is 9.17. The minimum atomic E-state index is -0.332. The number of hydrogen-bond acceptors (Lipinski definition) is 2. The van der Waals surface area contributed by atoms with Crippen LogP contribution in [-0.4, -0.2) is 5.78 Å². The average molecular weight is 297 g/mol. The first-order chi connectivity index (χ1) is 8.06. The summed E-state index contributed by atoms with van der Waals surface area (Å²) in [5.74, 6) is 0.581. The predicted octanol–water partition coefficient (Wildman–Crippen LogP) is 3.92. The summed E-state index contributed by atoms with van der Waals surface area (Å²) in [5, 5.41) is 0. The van der Waals surface area contributed by atoms with Gasteiger partial charge in [0.2, 0.25) is 5.78 Å². The second-order valence-corrected chi connectivity index (χ2v) is 4.60. The zero-order chi connectivity index (χ0) is 12.4. The van der Waals surface area contributed by atoms with Crippen LogP contribution >= 0.6 is 15.9 Å². The molecule has 0 bridgehead atoms. The van der Waals surface area contributed by atoms with E-state index in [0.717, 1.165) is 5.56 Å². The highest BCUT2D eigenvalue weighted by Crippen LogP contribution is 2.20. The lowest BCUT2D eigenvalue weighted by Gasteiger charge is -2.02. The Hall–Kier alpha value is -1.42. The van der Waals surface area contributed by atoms with Gasteiger partial charge in [0.25, 0.3) is 0 Å². The number of benzene rings is 1. The molecule has 1 heterocycles. The molecule has 17 heavy (non-hydrogen) atoms. The maximum Gasteiger partial charge on any atom is 0.202 e. The fraction of sp³-hybridized carbons (Fsp3) is 0.154. The molecule has 88 valence electrons. The lowest BCUT2D eigenvalue weighted by molar-refractivity contribution is 0.0965. The van der Waals surface area contributed by atoms with E-state index in [4.69, 9.17) is 4.42 Å². The Morgan fingerprint density at radius 2 is 2.12 bits per heavy atom. The summed E-state index contributed by atoms with van der Waals surface area (Å²) in [6.45, 7) is 1.78. The largest absolute Gasteiger partial charge is 0.458 e. The minimum absolute atomic E-state index is 0.120. The van der Waals surface area contributed by atoms with Gasteiger partial charge in [-0.15, -0.1) is 0 Å². The van der Waals surface area contributed by atoms with Crippen LogP contribution in [0.25, 0.3) is 0 Å². The second kappa shape index (κ2) is 4.84. The van der Waals surface area contributed by atoms with Gasteiger partial charge in [-0.3, -0.25) is 4.79 Å². The van der Waals surface area contributed by atoms with Crippen LogP contribution in [0.3, 0.4) is 0 Å². The van der Waals surface area contributed by atoms with Crippen molar-refractivity contribution in [1.82, 2.24) is 0 Å². The Balaban J connectivity index is 2.18. The molecule has 0 amide bonds. The van der Waals surface area contributed by atoms with Crippen LogP contribution in [0.4, 0.5) is 4.39 Å². The van der Waals surface area contributed by atoms with Gasteiger partial charge in [-0.25, -0.2) is 4.39 Å². The molecule has 2 rings (SSSR count). The number of furan rings is 1. The molecular weight excluding hydrogens is 287 g/mol. The molecule has 0 aliphatic rings. The van der Waals surface area contributed by atoms with E-state index >= 15 is 0 Å². The highest BCUT2D eigenvalue weighted by molar-refractivity contribution is 9.10. The Kier molecular flexibility index (Phi) is 3.43. The molecule has 2 aromatic rings. The average Bonchev–Trinajstić information content (AvgIpc) is 2.69. The molecule has 1 aromatic heterocycles. The maximum absolute atomic E-state index is 12.9. The minimum Gasteiger partial charge on any atom is -0.458 e. The van der Waals surface area contributed by atoms with E-state index in [1.54, 1.807) is 25.1 Å². The van der Waals surface area contributed by atoms with Crippen molar-refractivity contribution in [2.45, 2.75) is 13.3 Å². The quantitative estimate of drug-likeness (QED) is 0.804. The van der Waals surface area contributed by atoms with E-state index < -0.39 is 0 Å². The number of carbonyl (C=O) groups excluding carboxylic acids is 1. The zero-order valence-corrected chi connectivity index (χ0v) is 10.8. The van der Waals surface area contributed by atoms with Crippen LogP contribution < -0.4 is 0 Å². The maximum atomic E-state index is 12.9. The van der Waals surface area contributed by atoms with E-state index in [0.29, 0.717) is 16.0 Å². The number of halogens is 2. The molecule has 0 spiro atoms. The van der Waals surface area contributed by atoms with Crippen LogP contribution in [0.1, 0.15) is 21.9 Å². The molecule has 1 aromatic carbocycles. The molecule has 0 aliphatic carbocycles. The third-order valence-electron chi connectivity index (χ3n) is 2.38. The highest BCUT2D eigenvalue weighted by atomic mass is 79.9. The molecular formula is C13H10BrFO2. The van der Waals surface area contributed by atoms with E-state index in [1.165, 1.54) is 12.1 Å². The Morgan fingerprint density at radius 3 is 2.71 bits per heavy atom. The fourth-order valence-electron chi connectivity index (χ4n) is 1.51. The van der Waals surface area contributed by atoms with E-state index in [2.05, 4.69) is 15.9 Å². The van der Waals surface area contributed by atoms with Gasteiger partial charge in [0.05, 0.1) is 0 Å². The van der Waals surface area contributed by atoms with Crippen molar-refractivity contribution in [3.63, 3.8) is 0 Å². The molecule has 2 nitrogen and oxygen atoms in total. The van der Waals surface area contributed by atoms with Gasteiger partial charge in [0, 0.05) is 10.9 Å². The van der Waals surface area contributed by atoms with E-state index in [1.807, 2.05) is 0 Å². The number of ketones is 1. The molecule has 0 aliphatic heterocycles. The van der Waals surface area contributed by atoms with Crippen molar-refractivity contribution in [1.29, 1.82) is 0 Å². The summed E-state index contributed by atoms with van der Waals surface area (Å²) in [6.07, 6.45) is 0.188. The smallest absolute Gasteiger partial charge is 0.202 e. The first kappa shape index (κ1) is 12.0. The van der Waals surface area contributed by atoms with Gasteiger partial charge in [-0.2, -0.15) is 0 Å². The van der Waals surface area contributed by atoms with E-state index in [-0.39, 0.29) is 18.0 Å². The van der Waals surface area contributed by atoms with Crippen molar-refractivity contribution in [3.05, 3.63) is 57.7 Å². The molecule has 4 heteroatoms. The number of carbonyl (C=O) groups is 1. The van der Waals surface area contributed by atoms with Gasteiger partial charge in [-0.1, -0.05) is 22.0 Å². The monoisotopic (exact) mass is 296 g/mol. The normalized spacial score (nSPS) is 10.5. The Morgan fingerprint density at radius 1 is 1.35 bits per heavy atom. The lowest BCUT2D eigenvalue weighted by atomic mass is 10.1. The summed E-state index contributed by atoms with van der Waals surface area (Å²) in [6, 6.07) is 7.66. The van der Waals surface area contributed by atoms with Gasteiger partial charge < -0.3 is 4.42 Å². The lowest BCUT2D eigenvalue weighted by Crippen LogP contribution is -2.02. The molecule has 0 saturated carbocycles. The third-order valence-corrected chi connectivity index (χ3v) is 3.12. The van der Waals surface area contributed by atoms with Crippen LogP contribution in [0.5, 0.6) is 0 Å².